The molecule has 2 aromatic carbocycles. The van der Waals surface area contributed by atoms with E-state index in [2.05, 4.69) is 51.1 Å². The topological polar surface area (TPSA) is 78.3 Å². The lowest BCUT2D eigenvalue weighted by molar-refractivity contribution is -0.131. The summed E-state index contributed by atoms with van der Waals surface area (Å²) in [7, 11) is 0. The van der Waals surface area contributed by atoms with Crippen LogP contribution in [0.5, 0.6) is 0 Å². The van der Waals surface area contributed by atoms with Gasteiger partial charge < -0.3 is 16.2 Å². The third kappa shape index (κ3) is 3.53. The van der Waals surface area contributed by atoms with Gasteiger partial charge in [0.2, 0.25) is 5.91 Å². The predicted molar refractivity (Wildman–Crippen MR) is 104 cm³/mol. The Labute approximate surface area is 155 Å². The number of rotatable bonds is 6. The van der Waals surface area contributed by atoms with Crippen LogP contribution in [0.4, 0.5) is 0 Å². The van der Waals surface area contributed by atoms with E-state index in [9.17, 15) is 4.79 Å². The first-order valence-corrected chi connectivity index (χ1v) is 9.08. The molecule has 0 spiro atoms. The molecule has 0 aliphatic heterocycles. The summed E-state index contributed by atoms with van der Waals surface area (Å²) in [6.45, 7) is 6.76. The summed E-state index contributed by atoms with van der Waals surface area (Å²) in [6, 6.07) is 16.6. The molecule has 0 heterocycles. The Kier molecular flexibility index (Phi) is 4.91. The number of ether oxygens (including phenoxy) is 1. The van der Waals surface area contributed by atoms with Crippen molar-refractivity contribution in [2.24, 2.45) is 11.5 Å². The van der Waals surface area contributed by atoms with Crippen LogP contribution in [-0.2, 0) is 14.9 Å². The van der Waals surface area contributed by atoms with E-state index >= 15 is 0 Å². The van der Waals surface area contributed by atoms with Crippen molar-refractivity contribution in [3.05, 3.63) is 70.8 Å². The van der Waals surface area contributed by atoms with Crippen LogP contribution < -0.4 is 11.5 Å². The van der Waals surface area contributed by atoms with Gasteiger partial charge >= 0.3 is 0 Å². The van der Waals surface area contributed by atoms with Crippen LogP contribution in [0.15, 0.2) is 48.5 Å². The summed E-state index contributed by atoms with van der Waals surface area (Å²) < 4.78 is 6.27. The Balaban J connectivity index is 1.78. The minimum absolute atomic E-state index is 0.0319. The largest absolute Gasteiger partial charge is 0.373 e. The third-order valence-electron chi connectivity index (χ3n) is 5.51. The highest BCUT2D eigenvalue weighted by molar-refractivity contribution is 5.86. The standard InChI is InChI=1S/C22H28N2O2/c1-15-9-16(2)11-18(10-15)17(3)26-14-21(19-7-5-4-6-8-19)12-22(24,13-21)20(23)25/h4-11,17H,12-14,24H2,1-3H3,(H2,23,25)/t17-,21-,22-/m1/s1. The first-order chi connectivity index (χ1) is 12.2. The van der Waals surface area contributed by atoms with E-state index in [4.69, 9.17) is 16.2 Å². The van der Waals surface area contributed by atoms with E-state index in [1.807, 2.05) is 18.2 Å². The molecule has 1 aliphatic rings. The molecule has 4 nitrogen and oxygen atoms in total. The number of carbonyl (C=O) groups is 1. The summed E-state index contributed by atoms with van der Waals surface area (Å²) in [4.78, 5) is 11.7. The molecule has 138 valence electrons. The average Bonchev–Trinajstić information content (AvgIpc) is 2.57. The fourth-order valence-corrected chi connectivity index (χ4v) is 4.14. The van der Waals surface area contributed by atoms with Gasteiger partial charge in [-0.25, -0.2) is 0 Å². The smallest absolute Gasteiger partial charge is 0.237 e. The van der Waals surface area contributed by atoms with Crippen molar-refractivity contribution < 1.29 is 9.53 Å². The molecule has 1 aliphatic carbocycles. The highest BCUT2D eigenvalue weighted by Crippen LogP contribution is 2.49. The van der Waals surface area contributed by atoms with Gasteiger partial charge in [0.15, 0.2) is 0 Å². The van der Waals surface area contributed by atoms with E-state index in [1.165, 1.54) is 16.7 Å². The number of aryl methyl sites for hydroxylation is 2. The minimum Gasteiger partial charge on any atom is -0.373 e. The van der Waals surface area contributed by atoms with Crippen LogP contribution in [0, 0.1) is 13.8 Å². The van der Waals surface area contributed by atoms with Gasteiger partial charge in [0.25, 0.3) is 0 Å². The molecule has 4 N–H and O–H groups in total. The number of benzene rings is 2. The summed E-state index contributed by atoms with van der Waals surface area (Å²) in [5.74, 6) is -0.439. The molecule has 1 saturated carbocycles. The van der Waals surface area contributed by atoms with Crippen LogP contribution >= 0.6 is 0 Å². The van der Waals surface area contributed by atoms with Crippen molar-refractivity contribution in [3.8, 4) is 0 Å². The molecule has 3 rings (SSSR count). The summed E-state index contributed by atoms with van der Waals surface area (Å²) in [5.41, 5.74) is 15.3. The van der Waals surface area contributed by atoms with Crippen molar-refractivity contribution in [2.75, 3.05) is 6.61 Å². The molecule has 0 saturated heterocycles. The molecule has 0 unspecified atom stereocenters. The lowest BCUT2D eigenvalue weighted by Crippen LogP contribution is -2.68. The van der Waals surface area contributed by atoms with Gasteiger partial charge in [-0.1, -0.05) is 59.7 Å². The normalized spacial score (nSPS) is 26.2. The van der Waals surface area contributed by atoms with Gasteiger partial charge in [0.1, 0.15) is 0 Å². The van der Waals surface area contributed by atoms with E-state index in [1.54, 1.807) is 0 Å². The van der Waals surface area contributed by atoms with Crippen molar-refractivity contribution in [2.45, 2.75) is 50.7 Å². The van der Waals surface area contributed by atoms with Crippen LogP contribution in [0.3, 0.4) is 0 Å². The van der Waals surface area contributed by atoms with E-state index in [0.717, 1.165) is 5.56 Å². The van der Waals surface area contributed by atoms with Gasteiger partial charge in [-0.15, -0.1) is 0 Å². The average molecular weight is 352 g/mol. The fourth-order valence-electron chi connectivity index (χ4n) is 4.14. The summed E-state index contributed by atoms with van der Waals surface area (Å²) in [5, 5.41) is 0. The van der Waals surface area contributed by atoms with Crippen molar-refractivity contribution >= 4 is 5.91 Å². The maximum Gasteiger partial charge on any atom is 0.237 e. The molecular formula is C22H28N2O2. The van der Waals surface area contributed by atoms with Crippen molar-refractivity contribution in [3.63, 3.8) is 0 Å². The molecule has 1 fully saturated rings. The number of carbonyl (C=O) groups excluding carboxylic acids is 1. The Morgan fingerprint density at radius 1 is 1.12 bits per heavy atom. The van der Waals surface area contributed by atoms with Gasteiger partial charge in [-0.05, 0) is 44.7 Å². The molecular weight excluding hydrogens is 324 g/mol. The lowest BCUT2D eigenvalue weighted by atomic mass is 9.55. The maximum atomic E-state index is 11.7. The molecule has 0 bridgehead atoms. The molecule has 0 aromatic heterocycles. The van der Waals surface area contributed by atoms with Crippen molar-refractivity contribution in [1.82, 2.24) is 0 Å². The molecule has 2 aromatic rings. The number of amides is 1. The number of primary amides is 1. The van der Waals surface area contributed by atoms with Crippen LogP contribution in [0.25, 0.3) is 0 Å². The Morgan fingerprint density at radius 3 is 2.23 bits per heavy atom. The van der Waals surface area contributed by atoms with Gasteiger partial charge in [0, 0.05) is 5.41 Å². The van der Waals surface area contributed by atoms with Crippen LogP contribution in [0.1, 0.15) is 48.1 Å². The maximum absolute atomic E-state index is 11.7. The quantitative estimate of drug-likeness (QED) is 0.837. The second-order valence-electron chi connectivity index (χ2n) is 7.89. The van der Waals surface area contributed by atoms with E-state index < -0.39 is 11.4 Å². The summed E-state index contributed by atoms with van der Waals surface area (Å²) in [6.07, 6.45) is 0.994. The monoisotopic (exact) mass is 352 g/mol. The Bertz CT molecular complexity index is 775. The molecule has 26 heavy (non-hydrogen) atoms. The molecule has 0 radical (unpaired) electrons. The molecule has 1 amide bonds. The van der Waals surface area contributed by atoms with Crippen LogP contribution in [-0.4, -0.2) is 18.1 Å². The lowest BCUT2D eigenvalue weighted by Gasteiger charge is -2.53. The number of hydrogen-bond acceptors (Lipinski definition) is 3. The Hall–Kier alpha value is -2.17. The highest BCUT2D eigenvalue weighted by atomic mass is 16.5. The summed E-state index contributed by atoms with van der Waals surface area (Å²) >= 11 is 0. The zero-order chi connectivity index (χ0) is 18.9. The zero-order valence-corrected chi connectivity index (χ0v) is 15.8. The van der Waals surface area contributed by atoms with Gasteiger partial charge in [0.05, 0.1) is 18.2 Å². The number of hydrogen-bond donors (Lipinski definition) is 2. The second-order valence-corrected chi connectivity index (χ2v) is 7.89. The first-order valence-electron chi connectivity index (χ1n) is 9.08. The fraction of sp³-hybridized carbons (Fsp3) is 0.409. The number of nitrogens with two attached hydrogens (primary N) is 2. The molecule has 1 atom stereocenters. The predicted octanol–water partition coefficient (Wildman–Crippen LogP) is 3.30. The van der Waals surface area contributed by atoms with E-state index in [0.29, 0.717) is 19.4 Å². The van der Waals surface area contributed by atoms with Crippen molar-refractivity contribution in [1.29, 1.82) is 0 Å². The van der Waals surface area contributed by atoms with Crippen LogP contribution in [0.2, 0.25) is 0 Å². The third-order valence-corrected chi connectivity index (χ3v) is 5.51. The Morgan fingerprint density at radius 2 is 1.69 bits per heavy atom. The van der Waals surface area contributed by atoms with E-state index in [-0.39, 0.29) is 11.5 Å². The van der Waals surface area contributed by atoms with Gasteiger partial charge in [-0.3, -0.25) is 4.79 Å². The van der Waals surface area contributed by atoms with Gasteiger partial charge in [-0.2, -0.15) is 0 Å². The highest BCUT2D eigenvalue weighted by Gasteiger charge is 2.56. The first kappa shape index (κ1) is 18.6. The second kappa shape index (κ2) is 6.86. The zero-order valence-electron chi connectivity index (χ0n) is 15.8. The SMILES string of the molecule is Cc1cc(C)cc([C@@H](C)OC[C@]2(c3ccccc3)C[C@@](N)(C(N)=O)C2)c1. The molecule has 4 heteroatoms. The minimum atomic E-state index is -0.942.